The number of carbonyl (C=O) groups excluding carboxylic acids is 1. The standard InChI is InChI=1S/C23H19F6N3O4/c1-21(2,35)13-3-6-15(7-4-13)31-19(33)16-9-10-30-32(20(16)34)17-8-5-14(24)11-18(17)36-12-22(25,26)23(27,28)29/h3-11,35H,12H2,1-2H3,(H,31,33). The van der Waals surface area contributed by atoms with Gasteiger partial charge in [-0.2, -0.15) is 31.7 Å². The van der Waals surface area contributed by atoms with Crippen molar-refractivity contribution in [2.45, 2.75) is 31.5 Å². The molecular weight excluding hydrogens is 496 g/mol. The molecule has 2 N–H and O–H groups in total. The van der Waals surface area contributed by atoms with Gasteiger partial charge in [0.05, 0.1) is 5.60 Å². The van der Waals surface area contributed by atoms with Crippen molar-refractivity contribution in [3.63, 3.8) is 0 Å². The Kier molecular flexibility index (Phi) is 7.16. The summed E-state index contributed by atoms with van der Waals surface area (Å²) in [5.41, 5.74) is -2.30. The van der Waals surface area contributed by atoms with Crippen LogP contribution in [0.3, 0.4) is 0 Å². The molecule has 0 fully saturated rings. The van der Waals surface area contributed by atoms with Crippen LogP contribution in [0.5, 0.6) is 5.75 Å². The Bertz CT molecular complexity index is 1320. The molecule has 13 heteroatoms. The largest absolute Gasteiger partial charge is 0.485 e. The topological polar surface area (TPSA) is 93.5 Å². The van der Waals surface area contributed by atoms with Crippen LogP contribution in [0.15, 0.2) is 59.5 Å². The first kappa shape index (κ1) is 26.7. The number of nitrogens with zero attached hydrogens (tertiary/aromatic N) is 2. The van der Waals surface area contributed by atoms with Gasteiger partial charge in [0.15, 0.2) is 6.61 Å². The lowest BCUT2D eigenvalue weighted by molar-refractivity contribution is -0.290. The molecule has 0 atom stereocenters. The predicted octanol–water partition coefficient (Wildman–Crippen LogP) is 4.43. The maximum atomic E-state index is 13.7. The van der Waals surface area contributed by atoms with E-state index in [0.717, 1.165) is 24.4 Å². The number of anilines is 1. The van der Waals surface area contributed by atoms with E-state index in [9.17, 15) is 41.0 Å². The molecule has 0 bridgehead atoms. The Hall–Kier alpha value is -3.87. The van der Waals surface area contributed by atoms with Crippen molar-refractivity contribution in [1.29, 1.82) is 0 Å². The highest BCUT2D eigenvalue weighted by atomic mass is 19.4. The Morgan fingerprint density at radius 2 is 1.69 bits per heavy atom. The molecule has 1 heterocycles. The van der Waals surface area contributed by atoms with Crippen LogP contribution in [0.25, 0.3) is 5.69 Å². The first-order valence-electron chi connectivity index (χ1n) is 10.2. The Labute approximate surface area is 199 Å². The lowest BCUT2D eigenvalue weighted by atomic mass is 9.98. The summed E-state index contributed by atoms with van der Waals surface area (Å²) < 4.78 is 82.8. The summed E-state index contributed by atoms with van der Waals surface area (Å²) in [7, 11) is 0. The number of hydrogen-bond donors (Lipinski definition) is 2. The molecule has 0 spiro atoms. The van der Waals surface area contributed by atoms with Gasteiger partial charge in [-0.25, -0.2) is 4.39 Å². The van der Waals surface area contributed by atoms with Gasteiger partial charge in [0.2, 0.25) is 0 Å². The normalized spacial score (nSPS) is 12.4. The molecule has 0 radical (unpaired) electrons. The summed E-state index contributed by atoms with van der Waals surface area (Å²) in [6.45, 7) is 0.956. The summed E-state index contributed by atoms with van der Waals surface area (Å²) in [6, 6.07) is 9.32. The number of hydrogen-bond acceptors (Lipinski definition) is 5. The molecule has 0 aliphatic rings. The smallest absolute Gasteiger partial charge is 0.456 e. The lowest BCUT2D eigenvalue weighted by Crippen LogP contribution is -2.42. The lowest BCUT2D eigenvalue weighted by Gasteiger charge is -2.21. The number of halogens is 6. The third-order valence-corrected chi connectivity index (χ3v) is 4.91. The first-order valence-corrected chi connectivity index (χ1v) is 10.2. The number of amides is 1. The van der Waals surface area contributed by atoms with Crippen LogP contribution in [-0.2, 0) is 5.60 Å². The molecule has 2 aromatic carbocycles. The highest BCUT2D eigenvalue weighted by Crippen LogP contribution is 2.36. The average Bonchev–Trinajstić information content (AvgIpc) is 2.77. The highest BCUT2D eigenvalue weighted by molar-refractivity contribution is 6.04. The van der Waals surface area contributed by atoms with Crippen molar-refractivity contribution in [2.24, 2.45) is 0 Å². The van der Waals surface area contributed by atoms with Crippen LogP contribution in [0.4, 0.5) is 32.0 Å². The molecule has 192 valence electrons. The van der Waals surface area contributed by atoms with Crippen molar-refractivity contribution in [3.8, 4) is 11.4 Å². The number of nitrogens with one attached hydrogen (secondary N) is 1. The molecule has 3 aromatic rings. The van der Waals surface area contributed by atoms with Gasteiger partial charge in [-0.05, 0) is 49.7 Å². The van der Waals surface area contributed by atoms with E-state index in [1.54, 1.807) is 26.0 Å². The Morgan fingerprint density at radius 1 is 1.06 bits per heavy atom. The zero-order valence-electron chi connectivity index (χ0n) is 18.7. The van der Waals surface area contributed by atoms with Crippen LogP contribution < -0.4 is 15.6 Å². The first-order chi connectivity index (χ1) is 16.6. The second-order valence-corrected chi connectivity index (χ2v) is 8.16. The molecule has 0 aliphatic heterocycles. The average molecular weight is 515 g/mol. The van der Waals surface area contributed by atoms with E-state index >= 15 is 0 Å². The number of benzene rings is 2. The fraction of sp³-hybridized carbons (Fsp3) is 0.261. The molecule has 0 aliphatic carbocycles. The zero-order chi connectivity index (χ0) is 26.9. The van der Waals surface area contributed by atoms with E-state index in [4.69, 9.17) is 0 Å². The molecule has 3 rings (SSSR count). The monoisotopic (exact) mass is 515 g/mol. The quantitative estimate of drug-likeness (QED) is 0.455. The van der Waals surface area contributed by atoms with E-state index in [-0.39, 0.29) is 5.69 Å². The SMILES string of the molecule is CC(C)(O)c1ccc(NC(=O)c2ccnn(-c3ccc(F)cc3OCC(F)(F)C(F)(F)F)c2=O)cc1. The van der Waals surface area contributed by atoms with Gasteiger partial charge in [-0.1, -0.05) is 12.1 Å². The Balaban J connectivity index is 1.91. The molecule has 36 heavy (non-hydrogen) atoms. The highest BCUT2D eigenvalue weighted by Gasteiger charge is 2.58. The third-order valence-electron chi connectivity index (χ3n) is 4.91. The van der Waals surface area contributed by atoms with Gasteiger partial charge in [-0.3, -0.25) is 9.59 Å². The van der Waals surface area contributed by atoms with Gasteiger partial charge >= 0.3 is 12.1 Å². The minimum absolute atomic E-state index is 0.274. The van der Waals surface area contributed by atoms with Gasteiger partial charge in [0.25, 0.3) is 11.5 Å². The molecule has 0 saturated carbocycles. The maximum Gasteiger partial charge on any atom is 0.456 e. The molecule has 0 saturated heterocycles. The van der Waals surface area contributed by atoms with Gasteiger partial charge in [0.1, 0.15) is 22.8 Å². The summed E-state index contributed by atoms with van der Waals surface area (Å²) in [4.78, 5) is 25.6. The number of alkyl halides is 5. The molecule has 1 amide bonds. The fourth-order valence-corrected chi connectivity index (χ4v) is 2.95. The van der Waals surface area contributed by atoms with Crippen LogP contribution in [0, 0.1) is 5.82 Å². The molecule has 0 unspecified atom stereocenters. The fourth-order valence-electron chi connectivity index (χ4n) is 2.95. The summed E-state index contributed by atoms with van der Waals surface area (Å²) in [5, 5.41) is 16.2. The van der Waals surface area contributed by atoms with Gasteiger partial charge in [0, 0.05) is 18.0 Å². The van der Waals surface area contributed by atoms with Crippen molar-refractivity contribution in [1.82, 2.24) is 9.78 Å². The second kappa shape index (κ2) is 9.64. The molecule has 7 nitrogen and oxygen atoms in total. The van der Waals surface area contributed by atoms with E-state index in [0.29, 0.717) is 16.3 Å². The van der Waals surface area contributed by atoms with E-state index in [1.807, 2.05) is 0 Å². The maximum absolute atomic E-state index is 13.7. The summed E-state index contributed by atoms with van der Waals surface area (Å²) in [5.74, 6) is -8.01. The third kappa shape index (κ3) is 5.85. The summed E-state index contributed by atoms with van der Waals surface area (Å²) in [6.07, 6.45) is -4.91. The van der Waals surface area contributed by atoms with Crippen LogP contribution in [-0.4, -0.2) is 39.5 Å². The molecular formula is C23H19F6N3O4. The van der Waals surface area contributed by atoms with Crippen molar-refractivity contribution in [3.05, 3.63) is 82.0 Å². The van der Waals surface area contributed by atoms with Crippen molar-refractivity contribution < 1.29 is 41.0 Å². The van der Waals surface area contributed by atoms with Crippen molar-refractivity contribution >= 4 is 11.6 Å². The van der Waals surface area contributed by atoms with Crippen LogP contribution in [0.2, 0.25) is 0 Å². The number of ether oxygens (including phenoxy) is 1. The minimum Gasteiger partial charge on any atom is -0.485 e. The number of carbonyl (C=O) groups is 1. The molecule has 1 aromatic heterocycles. The van der Waals surface area contributed by atoms with Gasteiger partial charge in [-0.15, -0.1) is 0 Å². The van der Waals surface area contributed by atoms with Crippen LogP contribution >= 0.6 is 0 Å². The number of rotatable bonds is 7. The van der Waals surface area contributed by atoms with Crippen LogP contribution in [0.1, 0.15) is 29.8 Å². The Morgan fingerprint density at radius 3 is 2.28 bits per heavy atom. The minimum atomic E-state index is -5.92. The number of aromatic nitrogens is 2. The van der Waals surface area contributed by atoms with E-state index < -0.39 is 58.6 Å². The predicted molar refractivity (Wildman–Crippen MR) is 116 cm³/mol. The van der Waals surface area contributed by atoms with Crippen molar-refractivity contribution in [2.75, 3.05) is 11.9 Å². The second-order valence-electron chi connectivity index (χ2n) is 8.16. The summed E-state index contributed by atoms with van der Waals surface area (Å²) >= 11 is 0. The van der Waals surface area contributed by atoms with E-state index in [2.05, 4.69) is 15.2 Å². The number of aliphatic hydroxyl groups is 1. The zero-order valence-corrected chi connectivity index (χ0v) is 18.7. The van der Waals surface area contributed by atoms with E-state index in [1.165, 1.54) is 12.1 Å². The van der Waals surface area contributed by atoms with Gasteiger partial charge < -0.3 is 15.2 Å².